The fraction of sp³-hybridized carbons (Fsp3) is 0.200. The summed E-state index contributed by atoms with van der Waals surface area (Å²) >= 11 is 0. The number of ketones is 1. The Morgan fingerprint density at radius 3 is 2.74 bits per heavy atom. The Morgan fingerprint density at radius 1 is 1.42 bits per heavy atom. The number of carbonyl (C=O) groups is 2. The summed E-state index contributed by atoms with van der Waals surface area (Å²) in [6.45, 7) is 3.48. The molecule has 1 aliphatic rings. The summed E-state index contributed by atoms with van der Waals surface area (Å²) in [7, 11) is 0. The lowest BCUT2D eigenvalue weighted by Gasteiger charge is -2.23. The molecule has 0 spiro atoms. The molecule has 98 valence electrons. The van der Waals surface area contributed by atoms with Crippen LogP contribution in [0.15, 0.2) is 42.2 Å². The second-order valence-corrected chi connectivity index (χ2v) is 4.44. The molecule has 4 heteroatoms. The van der Waals surface area contributed by atoms with Crippen molar-refractivity contribution < 1.29 is 19.4 Å². The van der Waals surface area contributed by atoms with Crippen LogP contribution in [0.2, 0.25) is 0 Å². The lowest BCUT2D eigenvalue weighted by atomic mass is 9.91. The number of ether oxygens (including phenoxy) is 1. The van der Waals surface area contributed by atoms with Gasteiger partial charge >= 0.3 is 5.97 Å². The zero-order valence-corrected chi connectivity index (χ0v) is 10.7. The van der Waals surface area contributed by atoms with E-state index in [0.29, 0.717) is 5.56 Å². The highest BCUT2D eigenvalue weighted by molar-refractivity contribution is 6.05. The molecule has 0 amide bonds. The van der Waals surface area contributed by atoms with Crippen LogP contribution in [0.4, 0.5) is 0 Å². The molecule has 0 aromatic heterocycles. The Bertz CT molecular complexity index is 598. The van der Waals surface area contributed by atoms with Gasteiger partial charge in [-0.15, -0.1) is 0 Å². The Kier molecular flexibility index (Phi) is 3.25. The maximum absolute atomic E-state index is 12.0. The van der Waals surface area contributed by atoms with E-state index in [2.05, 4.69) is 0 Å². The fourth-order valence-corrected chi connectivity index (χ4v) is 1.99. The van der Waals surface area contributed by atoms with Crippen molar-refractivity contribution >= 4 is 17.8 Å². The van der Waals surface area contributed by atoms with Crippen molar-refractivity contribution in [3.05, 3.63) is 53.3 Å². The highest BCUT2D eigenvalue weighted by Gasteiger charge is 2.43. The van der Waals surface area contributed by atoms with Crippen LogP contribution in [0.3, 0.4) is 0 Å². The van der Waals surface area contributed by atoms with Crippen molar-refractivity contribution in [3.63, 3.8) is 0 Å². The zero-order valence-electron chi connectivity index (χ0n) is 10.7. The van der Waals surface area contributed by atoms with Gasteiger partial charge in [0.1, 0.15) is 0 Å². The molecule has 0 fully saturated rings. The van der Waals surface area contributed by atoms with Gasteiger partial charge in [-0.25, -0.2) is 4.79 Å². The van der Waals surface area contributed by atoms with Crippen molar-refractivity contribution in [2.24, 2.45) is 0 Å². The lowest BCUT2D eigenvalue weighted by molar-refractivity contribution is -0.141. The van der Waals surface area contributed by atoms with E-state index in [0.717, 1.165) is 11.6 Å². The number of hydrogen-bond acceptors (Lipinski definition) is 3. The largest absolute Gasteiger partial charge is 0.475 e. The van der Waals surface area contributed by atoms with E-state index >= 15 is 0 Å². The molecule has 1 aromatic rings. The molecule has 0 saturated carbocycles. The van der Waals surface area contributed by atoms with Crippen LogP contribution in [-0.2, 0) is 19.9 Å². The van der Waals surface area contributed by atoms with Gasteiger partial charge in [-0.05, 0) is 25.5 Å². The second kappa shape index (κ2) is 4.72. The average molecular weight is 258 g/mol. The summed E-state index contributed by atoms with van der Waals surface area (Å²) < 4.78 is 5.33. The minimum atomic E-state index is -1.26. The third kappa shape index (κ3) is 2.29. The normalized spacial score (nSPS) is 22.4. The van der Waals surface area contributed by atoms with Crippen molar-refractivity contribution in [2.45, 2.75) is 19.4 Å². The number of carboxylic acids is 1. The first-order valence-corrected chi connectivity index (χ1v) is 5.89. The molecule has 1 atom stereocenters. The molecule has 1 aromatic carbocycles. The summed E-state index contributed by atoms with van der Waals surface area (Å²) in [5.41, 5.74) is 0.313. The third-order valence-corrected chi connectivity index (χ3v) is 3.05. The zero-order chi connectivity index (χ0) is 14.0. The first-order valence-electron chi connectivity index (χ1n) is 5.89. The summed E-state index contributed by atoms with van der Waals surface area (Å²) in [5, 5.41) is 8.89. The molecule has 1 aliphatic heterocycles. The van der Waals surface area contributed by atoms with E-state index in [1.807, 2.05) is 37.3 Å². The Labute approximate surface area is 111 Å². The predicted molar refractivity (Wildman–Crippen MR) is 70.3 cm³/mol. The fourth-order valence-electron chi connectivity index (χ4n) is 1.99. The Morgan fingerprint density at radius 2 is 2.16 bits per heavy atom. The molecule has 19 heavy (non-hydrogen) atoms. The number of carbonyl (C=O) groups excluding carboxylic acids is 1. The molecule has 0 radical (unpaired) electrons. The van der Waals surface area contributed by atoms with Crippen molar-refractivity contribution in [1.82, 2.24) is 0 Å². The highest BCUT2D eigenvalue weighted by Crippen LogP contribution is 2.35. The molecule has 1 heterocycles. The minimum absolute atomic E-state index is 0.316. The molecule has 1 N–H and O–H groups in total. The van der Waals surface area contributed by atoms with Gasteiger partial charge in [0.15, 0.2) is 5.60 Å². The summed E-state index contributed by atoms with van der Waals surface area (Å²) in [6, 6.07) is 7.28. The van der Waals surface area contributed by atoms with Crippen molar-refractivity contribution in [3.8, 4) is 0 Å². The molecule has 0 bridgehead atoms. The molecule has 4 nitrogen and oxygen atoms in total. The van der Waals surface area contributed by atoms with Gasteiger partial charge in [-0.2, -0.15) is 0 Å². The first-order chi connectivity index (χ1) is 8.97. The molecule has 0 saturated heterocycles. The van der Waals surface area contributed by atoms with Crippen molar-refractivity contribution in [2.75, 3.05) is 0 Å². The third-order valence-electron chi connectivity index (χ3n) is 3.05. The number of benzene rings is 1. The van der Waals surface area contributed by atoms with Crippen LogP contribution in [-0.4, -0.2) is 16.9 Å². The second-order valence-electron chi connectivity index (χ2n) is 4.44. The number of allylic oxidation sites excluding steroid dienone is 1. The van der Waals surface area contributed by atoms with E-state index < -0.39 is 11.6 Å². The summed E-state index contributed by atoms with van der Waals surface area (Å²) in [5.74, 6) is -1.91. The van der Waals surface area contributed by atoms with E-state index in [1.165, 1.54) is 0 Å². The Balaban J connectivity index is 2.39. The van der Waals surface area contributed by atoms with E-state index in [4.69, 9.17) is 9.84 Å². The van der Waals surface area contributed by atoms with Gasteiger partial charge in [-0.1, -0.05) is 30.4 Å². The summed E-state index contributed by atoms with van der Waals surface area (Å²) in [6.07, 6.45) is 4.82. The van der Waals surface area contributed by atoms with Crippen molar-refractivity contribution in [1.29, 1.82) is 0 Å². The van der Waals surface area contributed by atoms with Crippen LogP contribution in [0, 0.1) is 0 Å². The van der Waals surface area contributed by atoms with Crippen LogP contribution in [0.5, 0.6) is 0 Å². The van der Waals surface area contributed by atoms with Gasteiger partial charge in [-0.3, -0.25) is 4.79 Å². The average Bonchev–Trinajstić information content (AvgIpc) is 2.68. The van der Waals surface area contributed by atoms with Crippen LogP contribution in [0.25, 0.3) is 6.08 Å². The van der Waals surface area contributed by atoms with E-state index in [-0.39, 0.29) is 11.5 Å². The lowest BCUT2D eigenvalue weighted by Crippen LogP contribution is -2.30. The van der Waals surface area contributed by atoms with Crippen LogP contribution < -0.4 is 0 Å². The smallest absolute Gasteiger partial charge is 0.371 e. The molecular weight excluding hydrogens is 244 g/mol. The molecular formula is C15H14O4. The monoisotopic (exact) mass is 258 g/mol. The highest BCUT2D eigenvalue weighted by atomic mass is 16.5. The van der Waals surface area contributed by atoms with Crippen LogP contribution >= 0.6 is 0 Å². The molecule has 1 unspecified atom stereocenters. The number of aliphatic carboxylic acids is 1. The minimum Gasteiger partial charge on any atom is -0.475 e. The van der Waals surface area contributed by atoms with Gasteiger partial charge in [0.25, 0.3) is 0 Å². The predicted octanol–water partition coefficient (Wildman–Crippen LogP) is 2.50. The summed E-state index contributed by atoms with van der Waals surface area (Å²) in [4.78, 5) is 22.9. The first kappa shape index (κ1) is 13.1. The molecule has 2 rings (SSSR count). The SMILES string of the molecule is C/C=C/c1cccc(C2(C)OC(C(=O)O)=CC2=O)c1. The molecule has 0 aliphatic carbocycles. The Hall–Kier alpha value is -2.36. The standard InChI is InChI=1S/C15H14O4/c1-3-5-10-6-4-7-11(8-10)15(2)13(16)9-12(19-15)14(17)18/h3-9H,1-2H3,(H,17,18)/b5-3+. The maximum Gasteiger partial charge on any atom is 0.371 e. The number of rotatable bonds is 3. The van der Waals surface area contributed by atoms with Gasteiger partial charge in [0, 0.05) is 11.6 Å². The maximum atomic E-state index is 12.0. The number of hydrogen-bond donors (Lipinski definition) is 1. The topological polar surface area (TPSA) is 63.6 Å². The number of carboxylic acid groups (broad SMARTS) is 1. The van der Waals surface area contributed by atoms with E-state index in [9.17, 15) is 9.59 Å². The van der Waals surface area contributed by atoms with Gasteiger partial charge in [0.05, 0.1) is 0 Å². The van der Waals surface area contributed by atoms with Gasteiger partial charge < -0.3 is 9.84 Å². The van der Waals surface area contributed by atoms with Gasteiger partial charge in [0.2, 0.25) is 11.5 Å². The quantitative estimate of drug-likeness (QED) is 0.904. The van der Waals surface area contributed by atoms with E-state index in [1.54, 1.807) is 13.0 Å². The van der Waals surface area contributed by atoms with Crippen LogP contribution in [0.1, 0.15) is 25.0 Å².